The van der Waals surface area contributed by atoms with Gasteiger partial charge in [0.2, 0.25) is 0 Å². The van der Waals surface area contributed by atoms with E-state index >= 15 is 0 Å². The third kappa shape index (κ3) is 2.36. The largest absolute Gasteiger partial charge is 0.349 e. The Bertz CT molecular complexity index is 218. The monoisotopic (exact) mass is 166 g/mol. The molecule has 1 unspecified atom stereocenters. The molecule has 1 aromatic heterocycles. The van der Waals surface area contributed by atoms with Crippen molar-refractivity contribution in [2.75, 3.05) is 0 Å². The first-order valence-corrected chi connectivity index (χ1v) is 4.48. The predicted molar refractivity (Wildman–Crippen MR) is 50.9 cm³/mol. The molecule has 2 heteroatoms. The Morgan fingerprint density at radius 3 is 2.58 bits per heavy atom. The van der Waals surface area contributed by atoms with Gasteiger partial charge in [-0.25, -0.2) is 4.98 Å². The smallest absolute Gasteiger partial charge is 0.106 e. The Balaban J connectivity index is 2.53. The highest BCUT2D eigenvalue weighted by atomic mass is 14.9. The van der Waals surface area contributed by atoms with E-state index in [1.54, 1.807) is 0 Å². The van der Waals surface area contributed by atoms with Gasteiger partial charge in [0.15, 0.2) is 0 Å². The maximum atomic E-state index is 4.21. The molecule has 1 heterocycles. The molecule has 0 radical (unpaired) electrons. The lowest BCUT2D eigenvalue weighted by Gasteiger charge is -2.26. The molecule has 0 amide bonds. The number of hydrogen-bond donors (Lipinski definition) is 1. The van der Waals surface area contributed by atoms with Crippen LogP contribution in [0.25, 0.3) is 0 Å². The molecule has 0 spiro atoms. The average molecular weight is 166 g/mol. The predicted octanol–water partition coefficient (Wildman–Crippen LogP) is 2.63. The summed E-state index contributed by atoms with van der Waals surface area (Å²) < 4.78 is 0. The summed E-state index contributed by atoms with van der Waals surface area (Å²) >= 11 is 0. The molecule has 1 aromatic rings. The van der Waals surface area contributed by atoms with Crippen molar-refractivity contribution >= 4 is 0 Å². The maximum Gasteiger partial charge on any atom is 0.106 e. The first kappa shape index (κ1) is 9.30. The Morgan fingerprint density at radius 2 is 2.17 bits per heavy atom. The van der Waals surface area contributed by atoms with Gasteiger partial charge in [-0.1, -0.05) is 27.7 Å². The van der Waals surface area contributed by atoms with Gasteiger partial charge in [0.1, 0.15) is 5.82 Å². The maximum absolute atomic E-state index is 4.21. The molecule has 0 bridgehead atoms. The van der Waals surface area contributed by atoms with E-state index < -0.39 is 0 Å². The number of aromatic nitrogens is 2. The van der Waals surface area contributed by atoms with Crippen LogP contribution in [0.3, 0.4) is 0 Å². The van der Waals surface area contributed by atoms with E-state index in [1.807, 2.05) is 12.4 Å². The minimum atomic E-state index is 0.368. The quantitative estimate of drug-likeness (QED) is 0.719. The Kier molecular flexibility index (Phi) is 2.55. The zero-order chi connectivity index (χ0) is 9.19. The molecule has 0 fully saturated rings. The van der Waals surface area contributed by atoms with E-state index in [1.165, 1.54) is 0 Å². The van der Waals surface area contributed by atoms with Crippen molar-refractivity contribution in [3.05, 3.63) is 18.2 Å². The number of hydrogen-bond acceptors (Lipinski definition) is 1. The number of nitrogens with zero attached hydrogens (tertiary/aromatic N) is 1. The summed E-state index contributed by atoms with van der Waals surface area (Å²) in [6.45, 7) is 9.06. The summed E-state index contributed by atoms with van der Waals surface area (Å²) in [5, 5.41) is 0. The minimum absolute atomic E-state index is 0.368. The standard InChI is InChI=1S/C10H18N2/c1-8(10(2,3)4)7-9-11-5-6-12-9/h5-6,8H,7H2,1-4H3,(H,11,12). The van der Waals surface area contributed by atoms with Crippen LogP contribution >= 0.6 is 0 Å². The number of aromatic amines is 1. The van der Waals surface area contributed by atoms with Gasteiger partial charge in [-0.05, 0) is 11.3 Å². The van der Waals surface area contributed by atoms with Crippen molar-refractivity contribution in [2.24, 2.45) is 11.3 Å². The number of H-pyrrole nitrogens is 1. The number of imidazole rings is 1. The van der Waals surface area contributed by atoms with Crippen LogP contribution in [0.5, 0.6) is 0 Å². The van der Waals surface area contributed by atoms with Crippen molar-refractivity contribution in [2.45, 2.75) is 34.1 Å². The van der Waals surface area contributed by atoms with Gasteiger partial charge >= 0.3 is 0 Å². The molecule has 0 aliphatic carbocycles. The summed E-state index contributed by atoms with van der Waals surface area (Å²) in [6, 6.07) is 0. The van der Waals surface area contributed by atoms with Crippen molar-refractivity contribution in [1.29, 1.82) is 0 Å². The second-order valence-electron chi connectivity index (χ2n) is 4.51. The first-order chi connectivity index (χ1) is 5.50. The molecule has 0 aliphatic rings. The summed E-state index contributed by atoms with van der Waals surface area (Å²) in [4.78, 5) is 7.34. The fraction of sp³-hybridized carbons (Fsp3) is 0.700. The highest BCUT2D eigenvalue weighted by Crippen LogP contribution is 2.27. The van der Waals surface area contributed by atoms with Gasteiger partial charge in [0.25, 0.3) is 0 Å². The van der Waals surface area contributed by atoms with Crippen molar-refractivity contribution in [3.63, 3.8) is 0 Å². The summed E-state index contributed by atoms with van der Waals surface area (Å²) in [6.07, 6.45) is 4.73. The van der Waals surface area contributed by atoms with Gasteiger partial charge < -0.3 is 4.98 Å². The molecular formula is C10H18N2. The zero-order valence-corrected chi connectivity index (χ0v) is 8.39. The average Bonchev–Trinajstić information content (AvgIpc) is 2.37. The van der Waals surface area contributed by atoms with E-state index in [-0.39, 0.29) is 0 Å². The normalized spacial score (nSPS) is 14.7. The summed E-state index contributed by atoms with van der Waals surface area (Å²) in [5.41, 5.74) is 0.368. The van der Waals surface area contributed by atoms with Crippen LogP contribution in [0.4, 0.5) is 0 Å². The van der Waals surface area contributed by atoms with Crippen molar-refractivity contribution in [3.8, 4) is 0 Å². The van der Waals surface area contributed by atoms with E-state index in [0.717, 1.165) is 12.2 Å². The molecule has 1 rings (SSSR count). The Labute approximate surface area is 74.4 Å². The summed E-state index contributed by atoms with van der Waals surface area (Å²) in [5.74, 6) is 1.75. The molecule has 0 saturated carbocycles. The van der Waals surface area contributed by atoms with Crippen LogP contribution < -0.4 is 0 Å². The molecule has 68 valence electrons. The Hall–Kier alpha value is -0.790. The lowest BCUT2D eigenvalue weighted by Crippen LogP contribution is -2.19. The van der Waals surface area contributed by atoms with Gasteiger partial charge in [0, 0.05) is 18.8 Å². The molecule has 2 nitrogen and oxygen atoms in total. The van der Waals surface area contributed by atoms with Crippen LogP contribution in [0.2, 0.25) is 0 Å². The third-order valence-corrected chi connectivity index (χ3v) is 2.53. The lowest BCUT2D eigenvalue weighted by molar-refractivity contribution is 0.257. The second kappa shape index (κ2) is 3.30. The highest BCUT2D eigenvalue weighted by molar-refractivity contribution is 4.90. The molecule has 0 aromatic carbocycles. The lowest BCUT2D eigenvalue weighted by atomic mass is 9.80. The molecule has 1 N–H and O–H groups in total. The second-order valence-corrected chi connectivity index (χ2v) is 4.51. The SMILES string of the molecule is CC(Cc1ncc[nH]1)C(C)(C)C. The molecular weight excluding hydrogens is 148 g/mol. The molecule has 0 aliphatic heterocycles. The van der Waals surface area contributed by atoms with Crippen LogP contribution in [-0.4, -0.2) is 9.97 Å². The highest BCUT2D eigenvalue weighted by Gasteiger charge is 2.20. The third-order valence-electron chi connectivity index (χ3n) is 2.53. The van der Waals surface area contributed by atoms with Gasteiger partial charge in [-0.2, -0.15) is 0 Å². The van der Waals surface area contributed by atoms with Crippen molar-refractivity contribution in [1.82, 2.24) is 9.97 Å². The van der Waals surface area contributed by atoms with Crippen LogP contribution in [0.15, 0.2) is 12.4 Å². The molecule has 1 atom stereocenters. The minimum Gasteiger partial charge on any atom is -0.349 e. The number of rotatable bonds is 2. The summed E-state index contributed by atoms with van der Waals surface area (Å²) in [7, 11) is 0. The number of nitrogens with one attached hydrogen (secondary N) is 1. The zero-order valence-electron chi connectivity index (χ0n) is 8.39. The van der Waals surface area contributed by atoms with Gasteiger partial charge in [-0.3, -0.25) is 0 Å². The van der Waals surface area contributed by atoms with E-state index in [2.05, 4.69) is 37.7 Å². The first-order valence-electron chi connectivity index (χ1n) is 4.48. The fourth-order valence-electron chi connectivity index (χ4n) is 1.01. The molecule has 12 heavy (non-hydrogen) atoms. The Morgan fingerprint density at radius 1 is 1.50 bits per heavy atom. The van der Waals surface area contributed by atoms with E-state index in [4.69, 9.17) is 0 Å². The van der Waals surface area contributed by atoms with Crippen LogP contribution in [0.1, 0.15) is 33.5 Å². The molecule has 0 saturated heterocycles. The fourth-order valence-corrected chi connectivity index (χ4v) is 1.01. The van der Waals surface area contributed by atoms with Crippen molar-refractivity contribution < 1.29 is 0 Å². The van der Waals surface area contributed by atoms with Crippen LogP contribution in [-0.2, 0) is 6.42 Å². The van der Waals surface area contributed by atoms with E-state index in [0.29, 0.717) is 11.3 Å². The van der Waals surface area contributed by atoms with E-state index in [9.17, 15) is 0 Å². The van der Waals surface area contributed by atoms with Crippen LogP contribution in [0, 0.1) is 11.3 Å². The topological polar surface area (TPSA) is 28.7 Å². The van der Waals surface area contributed by atoms with Gasteiger partial charge in [-0.15, -0.1) is 0 Å². The van der Waals surface area contributed by atoms with Gasteiger partial charge in [0.05, 0.1) is 0 Å².